The van der Waals surface area contributed by atoms with Crippen molar-refractivity contribution in [3.63, 3.8) is 0 Å². The molecule has 3 rings (SSSR count). The minimum Gasteiger partial charge on any atom is -0.370 e. The van der Waals surface area contributed by atoms with E-state index in [-0.39, 0.29) is 18.0 Å². The fraction of sp³-hybridized carbons (Fsp3) is 0.263. The largest absolute Gasteiger partial charge is 0.370 e. The molecular formula is C19H18FN3O2. The lowest BCUT2D eigenvalue weighted by Crippen LogP contribution is -2.46. The molecule has 6 heteroatoms. The van der Waals surface area contributed by atoms with Crippen LogP contribution < -0.4 is 5.32 Å². The normalized spacial score (nSPS) is 17.0. The summed E-state index contributed by atoms with van der Waals surface area (Å²) in [6.45, 7) is 1.60. The maximum Gasteiger partial charge on any atom is 0.317 e. The van der Waals surface area contributed by atoms with Crippen molar-refractivity contribution in [2.75, 3.05) is 19.7 Å². The molecule has 0 bridgehead atoms. The minimum absolute atomic E-state index is 0.202. The molecular weight excluding hydrogens is 321 g/mol. The third-order valence-corrected chi connectivity index (χ3v) is 4.07. The summed E-state index contributed by atoms with van der Waals surface area (Å²) in [6, 6.07) is 15.2. The lowest BCUT2D eigenvalue weighted by atomic mass is 10.1. The van der Waals surface area contributed by atoms with Crippen LogP contribution in [-0.4, -0.2) is 30.6 Å². The van der Waals surface area contributed by atoms with E-state index in [1.165, 1.54) is 12.1 Å². The SMILES string of the molecule is N#Cc1cccc(CNC(=O)N2CCO[C@H](c3cccc(F)c3)C2)c1. The highest BCUT2D eigenvalue weighted by Crippen LogP contribution is 2.22. The van der Waals surface area contributed by atoms with E-state index in [0.717, 1.165) is 11.1 Å². The molecule has 128 valence electrons. The summed E-state index contributed by atoms with van der Waals surface area (Å²) in [5, 5.41) is 11.8. The van der Waals surface area contributed by atoms with Gasteiger partial charge in [0.1, 0.15) is 11.9 Å². The van der Waals surface area contributed by atoms with Gasteiger partial charge in [-0.3, -0.25) is 0 Å². The first-order valence-corrected chi connectivity index (χ1v) is 8.04. The summed E-state index contributed by atoms with van der Waals surface area (Å²) in [5.41, 5.74) is 2.14. The lowest BCUT2D eigenvalue weighted by molar-refractivity contribution is -0.0156. The first-order valence-electron chi connectivity index (χ1n) is 8.04. The second-order valence-electron chi connectivity index (χ2n) is 5.83. The fourth-order valence-corrected chi connectivity index (χ4v) is 2.78. The van der Waals surface area contributed by atoms with Gasteiger partial charge in [-0.05, 0) is 35.4 Å². The molecule has 0 saturated carbocycles. The van der Waals surface area contributed by atoms with Crippen LogP contribution in [0, 0.1) is 17.1 Å². The summed E-state index contributed by atoms with van der Waals surface area (Å²) in [4.78, 5) is 14.0. The average molecular weight is 339 g/mol. The molecule has 25 heavy (non-hydrogen) atoms. The van der Waals surface area contributed by atoms with Crippen LogP contribution in [0.25, 0.3) is 0 Å². The molecule has 0 aromatic heterocycles. The topological polar surface area (TPSA) is 65.4 Å². The molecule has 0 unspecified atom stereocenters. The van der Waals surface area contributed by atoms with Gasteiger partial charge in [-0.15, -0.1) is 0 Å². The number of hydrogen-bond donors (Lipinski definition) is 1. The summed E-state index contributed by atoms with van der Waals surface area (Å²) < 4.78 is 19.0. The number of benzene rings is 2. The van der Waals surface area contributed by atoms with Crippen LogP contribution in [0.1, 0.15) is 22.8 Å². The molecule has 1 atom stereocenters. The van der Waals surface area contributed by atoms with Crippen LogP contribution in [0.2, 0.25) is 0 Å². The Bertz CT molecular complexity index is 803. The molecule has 2 aromatic carbocycles. The molecule has 5 nitrogen and oxygen atoms in total. The van der Waals surface area contributed by atoms with Gasteiger partial charge in [-0.25, -0.2) is 9.18 Å². The van der Waals surface area contributed by atoms with Gasteiger partial charge in [0.15, 0.2) is 0 Å². The number of halogens is 1. The van der Waals surface area contributed by atoms with Crippen molar-refractivity contribution >= 4 is 6.03 Å². The molecule has 0 aliphatic carbocycles. The Hall–Kier alpha value is -2.91. The van der Waals surface area contributed by atoms with E-state index in [4.69, 9.17) is 10.00 Å². The number of nitriles is 1. The quantitative estimate of drug-likeness (QED) is 0.935. The molecule has 1 fully saturated rings. The number of carbonyl (C=O) groups is 1. The second-order valence-corrected chi connectivity index (χ2v) is 5.83. The standard InChI is InChI=1S/C19H18FN3O2/c20-17-6-2-5-16(10-17)18-13-23(7-8-25-18)19(24)22-12-15-4-1-3-14(9-15)11-21/h1-6,9-10,18H,7-8,12-13H2,(H,22,24)/t18-/m0/s1. The van der Waals surface area contributed by atoms with E-state index >= 15 is 0 Å². The highest BCUT2D eigenvalue weighted by Gasteiger charge is 2.25. The highest BCUT2D eigenvalue weighted by atomic mass is 19.1. The molecule has 1 N–H and O–H groups in total. The van der Waals surface area contributed by atoms with Crippen molar-refractivity contribution < 1.29 is 13.9 Å². The lowest BCUT2D eigenvalue weighted by Gasteiger charge is -2.33. The number of urea groups is 1. The van der Waals surface area contributed by atoms with Crippen LogP contribution in [0.5, 0.6) is 0 Å². The van der Waals surface area contributed by atoms with Crippen LogP contribution >= 0.6 is 0 Å². The third kappa shape index (κ3) is 4.34. The van der Waals surface area contributed by atoms with Gasteiger partial charge < -0.3 is 15.0 Å². The van der Waals surface area contributed by atoms with Crippen LogP contribution in [0.4, 0.5) is 9.18 Å². The molecule has 2 amide bonds. The van der Waals surface area contributed by atoms with Gasteiger partial charge in [0, 0.05) is 13.1 Å². The summed E-state index contributed by atoms with van der Waals surface area (Å²) in [6.07, 6.45) is -0.336. The Balaban J connectivity index is 1.59. The Morgan fingerprint density at radius 1 is 1.32 bits per heavy atom. The molecule has 1 heterocycles. The van der Waals surface area contributed by atoms with Crippen molar-refractivity contribution in [1.82, 2.24) is 10.2 Å². The van der Waals surface area contributed by atoms with Crippen molar-refractivity contribution in [1.29, 1.82) is 5.26 Å². The Kier molecular flexibility index (Phi) is 5.26. The van der Waals surface area contributed by atoms with E-state index in [1.807, 2.05) is 6.07 Å². The van der Waals surface area contributed by atoms with Crippen molar-refractivity contribution in [3.8, 4) is 6.07 Å². The summed E-state index contributed by atoms with van der Waals surface area (Å²) in [5.74, 6) is -0.319. The summed E-state index contributed by atoms with van der Waals surface area (Å²) >= 11 is 0. The number of hydrogen-bond acceptors (Lipinski definition) is 3. The molecule has 0 spiro atoms. The van der Waals surface area contributed by atoms with Crippen molar-refractivity contribution in [2.24, 2.45) is 0 Å². The number of ether oxygens (including phenoxy) is 1. The van der Waals surface area contributed by atoms with Crippen LogP contribution in [0.3, 0.4) is 0 Å². The average Bonchev–Trinajstić information content (AvgIpc) is 2.66. The van der Waals surface area contributed by atoms with E-state index in [2.05, 4.69) is 11.4 Å². The molecule has 1 aliphatic rings. The Morgan fingerprint density at radius 3 is 2.96 bits per heavy atom. The fourth-order valence-electron chi connectivity index (χ4n) is 2.78. The smallest absolute Gasteiger partial charge is 0.317 e. The van der Waals surface area contributed by atoms with Crippen molar-refractivity contribution in [2.45, 2.75) is 12.6 Å². The molecule has 1 saturated heterocycles. The predicted octanol–water partition coefficient (Wildman–Crippen LogP) is 2.98. The number of morpholine rings is 1. The van der Waals surface area contributed by atoms with Gasteiger partial charge in [0.2, 0.25) is 0 Å². The number of amides is 2. The monoisotopic (exact) mass is 339 g/mol. The minimum atomic E-state index is -0.336. The van der Waals surface area contributed by atoms with E-state index in [0.29, 0.717) is 31.8 Å². The molecule has 0 radical (unpaired) electrons. The highest BCUT2D eigenvalue weighted by molar-refractivity contribution is 5.74. The third-order valence-electron chi connectivity index (χ3n) is 4.07. The molecule has 1 aliphatic heterocycles. The van der Waals surface area contributed by atoms with E-state index < -0.39 is 0 Å². The van der Waals surface area contributed by atoms with Crippen LogP contribution in [-0.2, 0) is 11.3 Å². The van der Waals surface area contributed by atoms with Gasteiger partial charge >= 0.3 is 6.03 Å². The van der Waals surface area contributed by atoms with Gasteiger partial charge in [-0.2, -0.15) is 5.26 Å². The maximum absolute atomic E-state index is 13.4. The second kappa shape index (κ2) is 7.77. The zero-order valence-electron chi connectivity index (χ0n) is 13.6. The van der Waals surface area contributed by atoms with E-state index in [1.54, 1.807) is 35.2 Å². The Morgan fingerprint density at radius 2 is 2.16 bits per heavy atom. The van der Waals surface area contributed by atoms with Gasteiger partial charge in [0.25, 0.3) is 0 Å². The maximum atomic E-state index is 13.4. The van der Waals surface area contributed by atoms with E-state index in [9.17, 15) is 9.18 Å². The van der Waals surface area contributed by atoms with Crippen molar-refractivity contribution in [3.05, 3.63) is 71.0 Å². The zero-order chi connectivity index (χ0) is 17.6. The Labute approximate surface area is 145 Å². The number of carbonyl (C=O) groups excluding carboxylic acids is 1. The zero-order valence-corrected chi connectivity index (χ0v) is 13.6. The predicted molar refractivity (Wildman–Crippen MR) is 90.1 cm³/mol. The van der Waals surface area contributed by atoms with Gasteiger partial charge in [-0.1, -0.05) is 24.3 Å². The first-order chi connectivity index (χ1) is 12.2. The molecule has 2 aromatic rings. The summed E-state index contributed by atoms with van der Waals surface area (Å²) in [7, 11) is 0. The van der Waals surface area contributed by atoms with Gasteiger partial charge in [0.05, 0.1) is 24.8 Å². The first kappa shape index (κ1) is 16.9. The van der Waals surface area contributed by atoms with Crippen LogP contribution in [0.15, 0.2) is 48.5 Å². The number of rotatable bonds is 3. The number of nitrogens with zero attached hydrogens (tertiary/aromatic N) is 2. The number of nitrogens with one attached hydrogen (secondary N) is 1.